The van der Waals surface area contributed by atoms with Gasteiger partial charge in [-0.25, -0.2) is 0 Å². The molecule has 2 rings (SSSR count). The molecular weight excluding hydrogens is 336 g/mol. The fourth-order valence-electron chi connectivity index (χ4n) is 3.13. The lowest BCUT2D eigenvalue weighted by Crippen LogP contribution is -2.54. The fourth-order valence-corrected chi connectivity index (χ4v) is 3.13. The van der Waals surface area contributed by atoms with Crippen LogP contribution in [0.15, 0.2) is 18.2 Å². The van der Waals surface area contributed by atoms with E-state index in [2.05, 4.69) is 9.64 Å². The molecule has 7 nitrogen and oxygen atoms in total. The van der Waals surface area contributed by atoms with Gasteiger partial charge in [0.25, 0.3) is 0 Å². The van der Waals surface area contributed by atoms with Crippen molar-refractivity contribution in [3.05, 3.63) is 28.3 Å². The van der Waals surface area contributed by atoms with Crippen LogP contribution in [0.4, 0.5) is 20.2 Å². The van der Waals surface area contributed by atoms with Gasteiger partial charge < -0.3 is 14.7 Å². The van der Waals surface area contributed by atoms with Gasteiger partial charge >= 0.3 is 12.3 Å². The van der Waals surface area contributed by atoms with E-state index in [-0.39, 0.29) is 6.04 Å². The Kier molecular flexibility index (Phi) is 5.79. The minimum absolute atomic E-state index is 0.0527. The van der Waals surface area contributed by atoms with Crippen LogP contribution in [0.2, 0.25) is 0 Å². The Labute approximate surface area is 144 Å². The quantitative estimate of drug-likeness (QED) is 0.621. The summed E-state index contributed by atoms with van der Waals surface area (Å²) in [5.74, 6) is -0.441. The number of rotatable bonds is 6. The zero-order valence-electron chi connectivity index (χ0n) is 14.5. The molecule has 1 aliphatic rings. The van der Waals surface area contributed by atoms with Crippen molar-refractivity contribution in [3.8, 4) is 5.75 Å². The summed E-state index contributed by atoms with van der Waals surface area (Å²) in [6.07, 6.45) is 0. The molecule has 25 heavy (non-hydrogen) atoms. The summed E-state index contributed by atoms with van der Waals surface area (Å²) in [5.41, 5.74) is -0.693. The zero-order chi connectivity index (χ0) is 18.8. The number of aliphatic hydroxyl groups is 1. The van der Waals surface area contributed by atoms with E-state index in [9.17, 15) is 24.0 Å². The third kappa shape index (κ3) is 5.23. The molecule has 9 heteroatoms. The lowest BCUT2D eigenvalue weighted by molar-refractivity contribution is -0.386. The Hall–Kier alpha value is -2.00. The summed E-state index contributed by atoms with van der Waals surface area (Å²) in [6, 6.07) is 4.06. The molecule has 1 atom stereocenters. The summed E-state index contributed by atoms with van der Waals surface area (Å²) < 4.78 is 29.4. The van der Waals surface area contributed by atoms with Gasteiger partial charge in [0.2, 0.25) is 5.75 Å². The van der Waals surface area contributed by atoms with E-state index in [0.717, 1.165) is 0 Å². The average Bonchev–Trinajstić information content (AvgIpc) is 2.44. The molecule has 0 aliphatic carbocycles. The van der Waals surface area contributed by atoms with Gasteiger partial charge in [-0.3, -0.25) is 15.0 Å². The number of ether oxygens (including phenoxy) is 1. The molecule has 1 fully saturated rings. The minimum Gasteiger partial charge on any atom is -0.427 e. The predicted molar refractivity (Wildman–Crippen MR) is 89.3 cm³/mol. The average molecular weight is 359 g/mol. The molecule has 1 heterocycles. The first-order chi connectivity index (χ1) is 11.6. The highest BCUT2D eigenvalue weighted by Crippen LogP contribution is 2.34. The monoisotopic (exact) mass is 359 g/mol. The van der Waals surface area contributed by atoms with Crippen LogP contribution in [0.5, 0.6) is 5.75 Å². The number of nitro benzene ring substituents is 1. The van der Waals surface area contributed by atoms with E-state index in [0.29, 0.717) is 31.9 Å². The maximum atomic E-state index is 12.5. The van der Waals surface area contributed by atoms with Crippen molar-refractivity contribution in [2.75, 3.05) is 31.1 Å². The summed E-state index contributed by atoms with van der Waals surface area (Å²) in [6.45, 7) is 4.86. The van der Waals surface area contributed by atoms with Gasteiger partial charge in [0.15, 0.2) is 0 Å². The number of β-amino-alcohol motifs (C(OH)–C–C–N with tert-alkyl or cyclic N) is 1. The molecule has 0 saturated carbocycles. The Morgan fingerprint density at radius 2 is 2.12 bits per heavy atom. The van der Waals surface area contributed by atoms with Gasteiger partial charge in [-0.2, -0.15) is 8.78 Å². The van der Waals surface area contributed by atoms with Gasteiger partial charge in [-0.15, -0.1) is 0 Å². The van der Waals surface area contributed by atoms with Crippen LogP contribution >= 0.6 is 0 Å². The van der Waals surface area contributed by atoms with E-state index < -0.39 is 28.6 Å². The molecule has 1 unspecified atom stereocenters. The highest BCUT2D eigenvalue weighted by Gasteiger charge is 2.29. The molecule has 1 aromatic rings. The molecule has 1 aliphatic heterocycles. The van der Waals surface area contributed by atoms with Crippen LogP contribution in [-0.2, 0) is 0 Å². The van der Waals surface area contributed by atoms with E-state index in [1.54, 1.807) is 19.9 Å². The Bertz CT molecular complexity index is 622. The van der Waals surface area contributed by atoms with Crippen LogP contribution in [0.25, 0.3) is 0 Å². The fraction of sp³-hybridized carbons (Fsp3) is 0.625. The lowest BCUT2D eigenvalue weighted by Gasteiger charge is -2.42. The van der Waals surface area contributed by atoms with Gasteiger partial charge in [-0.1, -0.05) is 0 Å². The number of alkyl halides is 2. The van der Waals surface area contributed by atoms with E-state index >= 15 is 0 Å². The Morgan fingerprint density at radius 1 is 1.44 bits per heavy atom. The topological polar surface area (TPSA) is 79.1 Å². The predicted octanol–water partition coefficient (Wildman–Crippen LogP) is 2.48. The Morgan fingerprint density at radius 3 is 2.64 bits per heavy atom. The standard InChI is InChI=1S/C16H23F2N3O4/c1-11-9-19(10-16(2,3)22)6-7-20(11)12-4-5-13(21(23)24)14(8-12)25-15(17)18/h4-5,8,11,15,22H,6-7,9-10H2,1-3H3. The van der Waals surface area contributed by atoms with E-state index in [1.807, 2.05) is 11.8 Å². The van der Waals surface area contributed by atoms with Gasteiger partial charge in [0, 0.05) is 50.0 Å². The number of piperazine rings is 1. The molecule has 0 spiro atoms. The van der Waals surface area contributed by atoms with Crippen LogP contribution in [0.3, 0.4) is 0 Å². The van der Waals surface area contributed by atoms with Crippen molar-refractivity contribution in [2.24, 2.45) is 0 Å². The Balaban J connectivity index is 2.17. The normalized spacial score (nSPS) is 19.3. The maximum Gasteiger partial charge on any atom is 0.387 e. The smallest absolute Gasteiger partial charge is 0.387 e. The lowest BCUT2D eigenvalue weighted by atomic mass is 10.1. The third-order valence-electron chi connectivity index (χ3n) is 4.01. The first kappa shape index (κ1) is 19.3. The van der Waals surface area contributed by atoms with Gasteiger partial charge in [0.05, 0.1) is 10.5 Å². The molecule has 1 saturated heterocycles. The maximum absolute atomic E-state index is 12.5. The van der Waals surface area contributed by atoms with Crippen molar-refractivity contribution in [1.29, 1.82) is 0 Å². The van der Waals surface area contributed by atoms with Crippen LogP contribution < -0.4 is 9.64 Å². The first-order valence-corrected chi connectivity index (χ1v) is 8.01. The highest BCUT2D eigenvalue weighted by atomic mass is 19.3. The van der Waals surface area contributed by atoms with Crippen LogP contribution in [-0.4, -0.2) is 59.4 Å². The van der Waals surface area contributed by atoms with Crippen molar-refractivity contribution in [2.45, 2.75) is 39.0 Å². The molecule has 140 valence electrons. The zero-order valence-corrected chi connectivity index (χ0v) is 14.5. The number of nitro groups is 1. The SMILES string of the molecule is CC1CN(CC(C)(C)O)CCN1c1ccc([N+](=O)[O-])c(OC(F)F)c1. The molecule has 0 radical (unpaired) electrons. The summed E-state index contributed by atoms with van der Waals surface area (Å²) in [5, 5.41) is 20.9. The molecule has 0 bridgehead atoms. The van der Waals surface area contributed by atoms with Crippen molar-refractivity contribution in [3.63, 3.8) is 0 Å². The van der Waals surface area contributed by atoms with Crippen molar-refractivity contribution in [1.82, 2.24) is 4.90 Å². The molecular formula is C16H23F2N3O4. The largest absolute Gasteiger partial charge is 0.427 e. The number of benzene rings is 1. The van der Waals surface area contributed by atoms with E-state index in [4.69, 9.17) is 0 Å². The van der Waals surface area contributed by atoms with Gasteiger partial charge in [0.1, 0.15) is 0 Å². The van der Waals surface area contributed by atoms with Crippen molar-refractivity contribution >= 4 is 11.4 Å². The molecule has 1 aromatic carbocycles. The molecule has 0 amide bonds. The second kappa shape index (κ2) is 7.49. The minimum atomic E-state index is -3.13. The number of hydrogen-bond acceptors (Lipinski definition) is 6. The van der Waals surface area contributed by atoms with Crippen molar-refractivity contribution < 1.29 is 23.5 Å². The molecule has 0 aromatic heterocycles. The number of halogens is 2. The van der Waals surface area contributed by atoms with E-state index in [1.165, 1.54) is 12.1 Å². The second-order valence-corrected chi connectivity index (χ2v) is 6.88. The number of hydrogen-bond donors (Lipinski definition) is 1. The second-order valence-electron chi connectivity index (χ2n) is 6.88. The first-order valence-electron chi connectivity index (χ1n) is 8.01. The third-order valence-corrected chi connectivity index (χ3v) is 4.01. The van der Waals surface area contributed by atoms with Gasteiger partial charge in [-0.05, 0) is 26.8 Å². The summed E-state index contributed by atoms with van der Waals surface area (Å²) >= 11 is 0. The molecule has 1 N–H and O–H groups in total. The van der Waals surface area contributed by atoms with Crippen LogP contribution in [0, 0.1) is 10.1 Å². The summed E-state index contributed by atoms with van der Waals surface area (Å²) in [7, 11) is 0. The summed E-state index contributed by atoms with van der Waals surface area (Å²) in [4.78, 5) is 14.3. The number of nitrogens with zero attached hydrogens (tertiary/aromatic N) is 3. The number of anilines is 1. The highest BCUT2D eigenvalue weighted by molar-refractivity contribution is 5.60. The van der Waals surface area contributed by atoms with Crippen LogP contribution in [0.1, 0.15) is 20.8 Å².